The minimum atomic E-state index is -1.57. The maximum atomic E-state index is 12.5. The third-order valence-electron chi connectivity index (χ3n) is 4.00. The summed E-state index contributed by atoms with van der Waals surface area (Å²) in [5.74, 6) is -0.416. The molecule has 0 aliphatic carbocycles. The van der Waals surface area contributed by atoms with Gasteiger partial charge in [-0.15, -0.1) is 0 Å². The van der Waals surface area contributed by atoms with Gasteiger partial charge in [0.1, 0.15) is 5.75 Å². The Hall–Kier alpha value is -2.83. The molecule has 0 saturated carbocycles. The number of nitrogens with one attached hydrogen (secondary N) is 2. The van der Waals surface area contributed by atoms with Crippen molar-refractivity contribution in [3.8, 4) is 5.75 Å². The number of aryl methyl sites for hydroxylation is 2. The summed E-state index contributed by atoms with van der Waals surface area (Å²) in [6, 6.07) is 5.45. The molecule has 1 aliphatic rings. The highest BCUT2D eigenvalue weighted by molar-refractivity contribution is 6.15. The third kappa shape index (κ3) is 3.10. The van der Waals surface area contributed by atoms with Gasteiger partial charge >= 0.3 is 0 Å². The maximum Gasteiger partial charge on any atom is 0.278 e. The number of imidazole rings is 1. The van der Waals surface area contributed by atoms with E-state index in [1.807, 2.05) is 29.8 Å². The van der Waals surface area contributed by atoms with Crippen molar-refractivity contribution in [2.45, 2.75) is 32.4 Å². The highest BCUT2D eigenvalue weighted by Gasteiger charge is 2.47. The highest BCUT2D eigenvalue weighted by atomic mass is 16.5. The Morgan fingerprint density at radius 2 is 2.29 bits per heavy atom. The summed E-state index contributed by atoms with van der Waals surface area (Å²) in [7, 11) is 0. The normalized spacial score (nSPS) is 19.2. The first kappa shape index (κ1) is 16.0. The smallest absolute Gasteiger partial charge is 0.278 e. The van der Waals surface area contributed by atoms with Gasteiger partial charge in [0.15, 0.2) is 0 Å². The molecule has 24 heavy (non-hydrogen) atoms. The number of carbonyl (C=O) groups is 2. The van der Waals surface area contributed by atoms with Crippen LogP contribution in [0.4, 0.5) is 5.69 Å². The van der Waals surface area contributed by atoms with E-state index < -0.39 is 17.4 Å². The van der Waals surface area contributed by atoms with E-state index in [-0.39, 0.29) is 0 Å². The van der Waals surface area contributed by atoms with Crippen LogP contribution in [0, 0.1) is 6.92 Å². The van der Waals surface area contributed by atoms with E-state index in [1.165, 1.54) is 6.92 Å². The molecular weight excluding hydrogens is 308 g/mol. The number of ether oxygens (including phenoxy) is 1. The predicted octanol–water partition coefficient (Wildman–Crippen LogP) is 1.49. The van der Waals surface area contributed by atoms with Gasteiger partial charge in [0.05, 0.1) is 12.0 Å². The van der Waals surface area contributed by atoms with Crippen LogP contribution in [0.25, 0.3) is 0 Å². The Bertz CT molecular complexity index is 757. The highest BCUT2D eigenvalue weighted by Crippen LogP contribution is 2.34. The topological polar surface area (TPSA) is 85.3 Å². The molecule has 0 bridgehead atoms. The minimum absolute atomic E-state index is 0.447. The van der Waals surface area contributed by atoms with Gasteiger partial charge in [0.2, 0.25) is 0 Å². The molecule has 2 heterocycles. The number of amides is 2. The monoisotopic (exact) mass is 328 g/mol. The average molecular weight is 328 g/mol. The Labute approximate surface area is 140 Å². The molecule has 7 heteroatoms. The van der Waals surface area contributed by atoms with Crippen LogP contribution in [0.3, 0.4) is 0 Å². The molecule has 2 aromatic rings. The molecule has 1 aromatic heterocycles. The molecule has 1 aromatic carbocycles. The molecule has 126 valence electrons. The molecule has 1 atom stereocenters. The molecular formula is C17H20N4O3. The van der Waals surface area contributed by atoms with Gasteiger partial charge in [0, 0.05) is 25.5 Å². The largest absolute Gasteiger partial charge is 0.466 e. The standard InChI is InChI=1S/C17H20N4O3/c1-12-4-5-14-13(10-12)20-16(23)17(2,24-14)15(22)19-6-3-8-21-9-7-18-11-21/h4-5,7,9-11H,3,6,8H2,1-2H3,(H,19,22)(H,20,23). The summed E-state index contributed by atoms with van der Waals surface area (Å²) >= 11 is 0. The van der Waals surface area contributed by atoms with Crippen molar-refractivity contribution in [2.75, 3.05) is 11.9 Å². The zero-order valence-corrected chi connectivity index (χ0v) is 13.7. The fourth-order valence-electron chi connectivity index (χ4n) is 2.54. The predicted molar refractivity (Wildman–Crippen MR) is 88.7 cm³/mol. The van der Waals surface area contributed by atoms with Crippen LogP contribution in [-0.4, -0.2) is 33.5 Å². The Morgan fingerprint density at radius 3 is 3.04 bits per heavy atom. The lowest BCUT2D eigenvalue weighted by Gasteiger charge is -2.33. The average Bonchev–Trinajstić information content (AvgIpc) is 3.06. The van der Waals surface area contributed by atoms with Crippen LogP contribution < -0.4 is 15.4 Å². The first-order valence-corrected chi connectivity index (χ1v) is 7.84. The van der Waals surface area contributed by atoms with E-state index in [0.29, 0.717) is 18.0 Å². The first-order valence-electron chi connectivity index (χ1n) is 7.84. The van der Waals surface area contributed by atoms with Crippen LogP contribution in [-0.2, 0) is 16.1 Å². The number of carbonyl (C=O) groups excluding carboxylic acids is 2. The second-order valence-electron chi connectivity index (χ2n) is 6.00. The van der Waals surface area contributed by atoms with Gasteiger partial charge in [-0.2, -0.15) is 0 Å². The van der Waals surface area contributed by atoms with Gasteiger partial charge in [-0.3, -0.25) is 9.59 Å². The number of hydrogen-bond acceptors (Lipinski definition) is 4. The van der Waals surface area contributed by atoms with E-state index in [4.69, 9.17) is 4.74 Å². The van der Waals surface area contributed by atoms with Crippen molar-refractivity contribution in [1.29, 1.82) is 0 Å². The molecule has 0 spiro atoms. The van der Waals surface area contributed by atoms with Crippen LogP contribution >= 0.6 is 0 Å². The molecule has 0 fully saturated rings. The third-order valence-corrected chi connectivity index (χ3v) is 4.00. The Kier molecular flexibility index (Phi) is 4.24. The molecule has 1 unspecified atom stereocenters. The number of nitrogens with zero attached hydrogens (tertiary/aromatic N) is 2. The first-order chi connectivity index (χ1) is 11.5. The zero-order chi connectivity index (χ0) is 17.2. The molecule has 7 nitrogen and oxygen atoms in total. The van der Waals surface area contributed by atoms with Crippen LogP contribution in [0.2, 0.25) is 0 Å². The van der Waals surface area contributed by atoms with Gasteiger partial charge in [-0.05, 0) is 38.0 Å². The molecule has 0 radical (unpaired) electrons. The Morgan fingerprint density at radius 1 is 1.46 bits per heavy atom. The second-order valence-corrected chi connectivity index (χ2v) is 6.00. The fourth-order valence-corrected chi connectivity index (χ4v) is 2.54. The molecule has 2 amide bonds. The summed E-state index contributed by atoms with van der Waals surface area (Å²) in [5, 5.41) is 5.52. The van der Waals surface area contributed by atoms with Crippen molar-refractivity contribution >= 4 is 17.5 Å². The van der Waals surface area contributed by atoms with E-state index in [9.17, 15) is 9.59 Å². The van der Waals surface area contributed by atoms with Gasteiger partial charge < -0.3 is 19.9 Å². The second kappa shape index (κ2) is 6.35. The van der Waals surface area contributed by atoms with E-state index in [2.05, 4.69) is 15.6 Å². The summed E-state index contributed by atoms with van der Waals surface area (Å²) in [5.41, 5.74) is 0.0210. The van der Waals surface area contributed by atoms with E-state index in [1.54, 1.807) is 18.6 Å². The molecule has 2 N–H and O–H groups in total. The number of benzene rings is 1. The summed E-state index contributed by atoms with van der Waals surface area (Å²) in [6.07, 6.45) is 6.02. The number of anilines is 1. The van der Waals surface area contributed by atoms with Crippen molar-refractivity contribution in [2.24, 2.45) is 0 Å². The summed E-state index contributed by atoms with van der Waals surface area (Å²) in [4.78, 5) is 28.8. The van der Waals surface area contributed by atoms with Crippen LogP contribution in [0.1, 0.15) is 18.9 Å². The van der Waals surface area contributed by atoms with Crippen LogP contribution in [0.15, 0.2) is 36.9 Å². The van der Waals surface area contributed by atoms with Crippen molar-refractivity contribution in [1.82, 2.24) is 14.9 Å². The van der Waals surface area contributed by atoms with Gasteiger partial charge in [-0.1, -0.05) is 6.07 Å². The van der Waals surface area contributed by atoms with Gasteiger partial charge in [-0.25, -0.2) is 4.98 Å². The zero-order valence-electron chi connectivity index (χ0n) is 13.7. The van der Waals surface area contributed by atoms with E-state index >= 15 is 0 Å². The quantitative estimate of drug-likeness (QED) is 0.643. The summed E-state index contributed by atoms with van der Waals surface area (Å²) in [6.45, 7) is 4.60. The lowest BCUT2D eigenvalue weighted by molar-refractivity contribution is -0.146. The molecule has 1 aliphatic heterocycles. The summed E-state index contributed by atoms with van der Waals surface area (Å²) < 4.78 is 7.64. The van der Waals surface area contributed by atoms with Crippen molar-refractivity contribution in [3.05, 3.63) is 42.5 Å². The van der Waals surface area contributed by atoms with Gasteiger partial charge in [0.25, 0.3) is 17.4 Å². The van der Waals surface area contributed by atoms with E-state index in [0.717, 1.165) is 18.5 Å². The molecule has 3 rings (SSSR count). The number of rotatable bonds is 5. The SMILES string of the molecule is Cc1ccc2c(c1)NC(=O)C(C)(C(=O)NCCCn1ccnc1)O2. The van der Waals surface area contributed by atoms with Crippen molar-refractivity contribution < 1.29 is 14.3 Å². The maximum absolute atomic E-state index is 12.5. The lowest BCUT2D eigenvalue weighted by atomic mass is 10.0. The number of aromatic nitrogens is 2. The van der Waals surface area contributed by atoms with Crippen molar-refractivity contribution in [3.63, 3.8) is 0 Å². The van der Waals surface area contributed by atoms with Crippen LogP contribution in [0.5, 0.6) is 5.75 Å². The molecule has 0 saturated heterocycles. The lowest BCUT2D eigenvalue weighted by Crippen LogP contribution is -2.58. The minimum Gasteiger partial charge on any atom is -0.466 e. The number of fused-ring (bicyclic) bond motifs is 1. The number of hydrogen-bond donors (Lipinski definition) is 2. The fraction of sp³-hybridized carbons (Fsp3) is 0.353. The Balaban J connectivity index is 1.61.